The minimum Gasteiger partial charge on any atom is -0.390 e. The van der Waals surface area contributed by atoms with E-state index in [-0.39, 0.29) is 11.3 Å². The first kappa shape index (κ1) is 21.0. The molecule has 0 saturated heterocycles. The van der Waals surface area contributed by atoms with Crippen LogP contribution >= 0.6 is 0 Å². The molecular formula is C26H39NO2. The van der Waals surface area contributed by atoms with Gasteiger partial charge in [-0.3, -0.25) is 9.79 Å². The topological polar surface area (TPSA) is 49.7 Å². The van der Waals surface area contributed by atoms with Crippen molar-refractivity contribution in [2.75, 3.05) is 0 Å². The van der Waals surface area contributed by atoms with Gasteiger partial charge in [-0.2, -0.15) is 0 Å². The van der Waals surface area contributed by atoms with E-state index in [0.717, 1.165) is 48.5 Å². The Balaban J connectivity index is 1.50. The molecule has 0 heterocycles. The molecule has 0 bridgehead atoms. The van der Waals surface area contributed by atoms with Crippen LogP contribution < -0.4 is 0 Å². The lowest BCUT2D eigenvalue weighted by molar-refractivity contribution is -0.128. The lowest BCUT2D eigenvalue weighted by atomic mass is 9.49. The summed E-state index contributed by atoms with van der Waals surface area (Å²) < 4.78 is 0. The highest BCUT2D eigenvalue weighted by atomic mass is 16.3. The number of hydrogen-bond donors (Lipinski definition) is 1. The fourth-order valence-electron chi connectivity index (χ4n) is 8.08. The Morgan fingerprint density at radius 3 is 2.55 bits per heavy atom. The summed E-state index contributed by atoms with van der Waals surface area (Å²) in [5, 5.41) is 10.6. The van der Waals surface area contributed by atoms with E-state index in [1.807, 2.05) is 19.9 Å². The summed E-state index contributed by atoms with van der Waals surface area (Å²) in [4.78, 5) is 17.2. The van der Waals surface area contributed by atoms with Crippen molar-refractivity contribution in [2.24, 2.45) is 45.9 Å². The highest BCUT2D eigenvalue weighted by Crippen LogP contribution is 2.64. The molecular weight excluding hydrogens is 358 g/mol. The molecule has 0 spiro atoms. The quantitative estimate of drug-likeness (QED) is 0.486. The Bertz CT molecular complexity index is 720. The zero-order valence-electron chi connectivity index (χ0n) is 18.6. The Morgan fingerprint density at radius 2 is 1.79 bits per heavy atom. The number of nitrogens with zero attached hydrogens (tertiary/aromatic N) is 1. The van der Waals surface area contributed by atoms with Crippen LogP contribution in [0, 0.1) is 40.9 Å². The molecule has 0 aromatic carbocycles. The normalized spacial score (nSPS) is 47.4. The number of ketones is 1. The van der Waals surface area contributed by atoms with Crippen LogP contribution in [0.15, 0.2) is 29.4 Å². The van der Waals surface area contributed by atoms with Crippen molar-refractivity contribution in [3.8, 4) is 0 Å². The van der Waals surface area contributed by atoms with Gasteiger partial charge in [0.1, 0.15) is 0 Å². The predicted octanol–water partition coefficient (Wildman–Crippen LogP) is 5.74. The highest BCUT2D eigenvalue weighted by Gasteiger charge is 2.58. The standard InChI is InChI=1S/C26H39NO2/c1-5-27-16-17(2)14-24(28)23-9-8-22-21-7-6-18-15-25(3,29)12-10-19(18)20(21)11-13-26(22,23)4/h5,14,16,18-23,29H,1,6-13,15H2,2-4H3/b17-14-,27-16?. The Hall–Kier alpha value is -1.22. The van der Waals surface area contributed by atoms with E-state index in [4.69, 9.17) is 0 Å². The van der Waals surface area contributed by atoms with E-state index in [1.54, 1.807) is 6.21 Å². The molecule has 4 fully saturated rings. The number of fused-ring (bicyclic) bond motifs is 5. The van der Waals surface area contributed by atoms with Crippen molar-refractivity contribution in [1.29, 1.82) is 0 Å². The molecule has 0 aromatic rings. The average molecular weight is 398 g/mol. The van der Waals surface area contributed by atoms with Crippen LogP contribution in [0.2, 0.25) is 0 Å². The summed E-state index contributed by atoms with van der Waals surface area (Å²) in [5.41, 5.74) is 0.643. The van der Waals surface area contributed by atoms with Crippen LogP contribution in [0.3, 0.4) is 0 Å². The Morgan fingerprint density at radius 1 is 1.03 bits per heavy atom. The van der Waals surface area contributed by atoms with Crippen molar-refractivity contribution in [1.82, 2.24) is 0 Å². The molecule has 3 nitrogen and oxygen atoms in total. The minimum atomic E-state index is -0.443. The van der Waals surface area contributed by atoms with E-state index in [0.29, 0.717) is 11.7 Å². The molecule has 29 heavy (non-hydrogen) atoms. The summed E-state index contributed by atoms with van der Waals surface area (Å²) in [6, 6.07) is 0. The van der Waals surface area contributed by atoms with E-state index in [9.17, 15) is 9.90 Å². The maximum absolute atomic E-state index is 13.1. The summed E-state index contributed by atoms with van der Waals surface area (Å²) in [6.45, 7) is 10.0. The Kier molecular flexibility index (Phi) is 5.65. The molecule has 1 N–H and O–H groups in total. The SMILES string of the molecule is C=CN=C/C(C)=C\C(=O)C1CCC2C3CCC4CC(C)(O)CCC4C3CCC12C. The van der Waals surface area contributed by atoms with Crippen LogP contribution in [-0.2, 0) is 4.79 Å². The van der Waals surface area contributed by atoms with Crippen LogP contribution in [0.1, 0.15) is 78.6 Å². The number of aliphatic hydroxyl groups is 1. The first-order valence-corrected chi connectivity index (χ1v) is 11.8. The highest BCUT2D eigenvalue weighted by molar-refractivity contribution is 5.97. The van der Waals surface area contributed by atoms with Gasteiger partial charge in [0.05, 0.1) is 5.60 Å². The third-order valence-electron chi connectivity index (χ3n) is 9.33. The smallest absolute Gasteiger partial charge is 0.159 e. The van der Waals surface area contributed by atoms with Gasteiger partial charge in [0.15, 0.2) is 5.78 Å². The lowest BCUT2D eigenvalue weighted by Crippen LogP contribution is -2.51. The predicted molar refractivity (Wildman–Crippen MR) is 119 cm³/mol. The van der Waals surface area contributed by atoms with Crippen molar-refractivity contribution >= 4 is 12.0 Å². The average Bonchev–Trinajstić information content (AvgIpc) is 3.02. The Labute approximate surface area is 176 Å². The van der Waals surface area contributed by atoms with Gasteiger partial charge in [0.25, 0.3) is 0 Å². The largest absolute Gasteiger partial charge is 0.390 e. The zero-order chi connectivity index (χ0) is 20.8. The van der Waals surface area contributed by atoms with Crippen LogP contribution in [0.5, 0.6) is 0 Å². The number of allylic oxidation sites excluding steroid dienone is 2. The summed E-state index contributed by atoms with van der Waals surface area (Å²) in [7, 11) is 0. The zero-order valence-corrected chi connectivity index (χ0v) is 18.6. The second-order valence-corrected chi connectivity index (χ2v) is 11.1. The lowest BCUT2D eigenvalue weighted by Gasteiger charge is -2.56. The number of rotatable bonds is 4. The maximum atomic E-state index is 13.1. The molecule has 4 aliphatic rings. The number of hydrogen-bond acceptors (Lipinski definition) is 3. The fourth-order valence-corrected chi connectivity index (χ4v) is 8.08. The van der Waals surface area contributed by atoms with E-state index in [2.05, 4.69) is 18.5 Å². The van der Waals surface area contributed by atoms with E-state index >= 15 is 0 Å². The molecule has 0 aromatic heterocycles. The van der Waals surface area contributed by atoms with Gasteiger partial charge < -0.3 is 5.11 Å². The van der Waals surface area contributed by atoms with E-state index < -0.39 is 5.60 Å². The van der Waals surface area contributed by atoms with Gasteiger partial charge in [0, 0.05) is 18.3 Å². The first-order chi connectivity index (χ1) is 13.7. The number of carbonyl (C=O) groups excluding carboxylic acids is 1. The molecule has 8 atom stereocenters. The summed E-state index contributed by atoms with van der Waals surface area (Å²) in [6.07, 6.45) is 15.6. The van der Waals surface area contributed by atoms with Crippen LogP contribution in [0.4, 0.5) is 0 Å². The molecule has 8 unspecified atom stereocenters. The molecule has 160 valence electrons. The summed E-state index contributed by atoms with van der Waals surface area (Å²) >= 11 is 0. The molecule has 0 amide bonds. The minimum absolute atomic E-state index is 0.164. The van der Waals surface area contributed by atoms with Crippen molar-refractivity contribution in [2.45, 2.75) is 84.2 Å². The van der Waals surface area contributed by atoms with Crippen molar-refractivity contribution in [3.63, 3.8) is 0 Å². The molecule has 0 radical (unpaired) electrons. The molecule has 4 rings (SSSR count). The fraction of sp³-hybridized carbons (Fsp3) is 0.769. The maximum Gasteiger partial charge on any atom is 0.159 e. The second kappa shape index (κ2) is 7.80. The van der Waals surface area contributed by atoms with E-state index in [1.165, 1.54) is 44.7 Å². The van der Waals surface area contributed by atoms with Gasteiger partial charge in [-0.05, 0) is 118 Å². The first-order valence-electron chi connectivity index (χ1n) is 11.8. The van der Waals surface area contributed by atoms with Crippen LogP contribution in [0.25, 0.3) is 0 Å². The number of carbonyl (C=O) groups is 1. The van der Waals surface area contributed by atoms with Gasteiger partial charge >= 0.3 is 0 Å². The number of aliphatic imine (C=N–C) groups is 1. The van der Waals surface area contributed by atoms with Gasteiger partial charge in [-0.25, -0.2) is 0 Å². The van der Waals surface area contributed by atoms with Crippen LogP contribution in [-0.4, -0.2) is 22.7 Å². The van der Waals surface area contributed by atoms with Crippen molar-refractivity contribution in [3.05, 3.63) is 24.4 Å². The third-order valence-corrected chi connectivity index (χ3v) is 9.33. The van der Waals surface area contributed by atoms with Gasteiger partial charge in [0.2, 0.25) is 0 Å². The molecule has 0 aliphatic heterocycles. The monoisotopic (exact) mass is 397 g/mol. The van der Waals surface area contributed by atoms with Crippen molar-refractivity contribution < 1.29 is 9.90 Å². The molecule has 4 saturated carbocycles. The molecule has 3 heteroatoms. The van der Waals surface area contributed by atoms with Gasteiger partial charge in [-0.15, -0.1) is 0 Å². The third kappa shape index (κ3) is 3.80. The van der Waals surface area contributed by atoms with Gasteiger partial charge in [-0.1, -0.05) is 13.5 Å². The second-order valence-electron chi connectivity index (χ2n) is 11.1. The summed E-state index contributed by atoms with van der Waals surface area (Å²) in [5.74, 6) is 4.34. The molecule has 4 aliphatic carbocycles.